The minimum Gasteiger partial charge on any atom is -0.368 e. The van der Waals surface area contributed by atoms with E-state index in [0.717, 1.165) is 18.2 Å². The molecule has 18 nitrogen and oxygen atoms in total. The van der Waals surface area contributed by atoms with Crippen LogP contribution in [0.1, 0.15) is 0 Å². The third kappa shape index (κ3) is 7.63. The molecule has 0 unspecified atom stereocenters. The normalized spacial score (nSPS) is 12.7. The van der Waals surface area contributed by atoms with Crippen molar-refractivity contribution < 1.29 is 38.9 Å². The van der Waals surface area contributed by atoms with Crippen molar-refractivity contribution >= 4 is 104 Å². The molecule has 0 fully saturated rings. The van der Waals surface area contributed by atoms with E-state index in [-0.39, 0.29) is 67.2 Å². The van der Waals surface area contributed by atoms with Gasteiger partial charge < -0.3 is 11.1 Å². The first-order valence-corrected chi connectivity index (χ1v) is 18.6. The summed E-state index contributed by atoms with van der Waals surface area (Å²) in [7, 11) is -14.1. The van der Waals surface area contributed by atoms with Gasteiger partial charge in [-0.1, -0.05) is 30.3 Å². The molecule has 0 atom stereocenters. The van der Waals surface area contributed by atoms with Crippen LogP contribution in [0.15, 0.2) is 120 Å². The molecule has 0 spiro atoms. The molecule has 0 saturated heterocycles. The number of benzene rings is 5. The van der Waals surface area contributed by atoms with Crippen LogP contribution >= 0.6 is 11.6 Å². The van der Waals surface area contributed by atoms with E-state index in [2.05, 4.69) is 40.7 Å². The summed E-state index contributed by atoms with van der Waals surface area (Å²) in [5.74, 6) is -0.337. The van der Waals surface area contributed by atoms with Crippen molar-refractivity contribution in [1.82, 2.24) is 15.0 Å². The molecule has 6 N–H and O–H groups in total. The number of azo groups is 2. The van der Waals surface area contributed by atoms with Crippen molar-refractivity contribution in [1.29, 1.82) is 0 Å². The molecule has 5 aromatic carbocycles. The third-order valence-corrected chi connectivity index (χ3v) is 9.86. The predicted octanol–water partition coefficient (Wildman–Crippen LogP) is 6.73. The predicted molar refractivity (Wildman–Crippen MR) is 185 cm³/mol. The molecule has 6 rings (SSSR count). The lowest BCUT2D eigenvalue weighted by atomic mass is 10.1. The summed E-state index contributed by atoms with van der Waals surface area (Å²) >= 11 is 5.88. The second kappa shape index (κ2) is 13.3. The Morgan fingerprint density at radius 2 is 1.18 bits per heavy atom. The van der Waals surface area contributed by atoms with Gasteiger partial charge in [-0.25, -0.2) is 0 Å². The number of nitrogens with zero attached hydrogens (tertiary/aromatic N) is 7. The highest BCUT2D eigenvalue weighted by Gasteiger charge is 2.20. The Bertz CT molecular complexity index is 2780. The SMILES string of the molecule is Nc1nc(Cl)nc(Nc2ccc(N=Nc3ccc(N=Nc4ccccc4S(=O)(=O)O)c4cc(S(=O)(=O)O)ccc34)c3cccc(S(=O)(=O)O)c23)n1. The van der Waals surface area contributed by atoms with E-state index in [9.17, 15) is 38.9 Å². The monoisotopic (exact) mass is 769 g/mol. The first-order chi connectivity index (χ1) is 24.0. The molecule has 22 heteroatoms. The zero-order chi connectivity index (χ0) is 36.7. The van der Waals surface area contributed by atoms with Crippen molar-refractivity contribution in [3.05, 3.63) is 90.2 Å². The number of fused-ring (bicyclic) bond motifs is 2. The van der Waals surface area contributed by atoms with Gasteiger partial charge in [-0.2, -0.15) is 40.2 Å². The van der Waals surface area contributed by atoms with Crippen molar-refractivity contribution in [2.75, 3.05) is 11.1 Å². The molecule has 0 aliphatic carbocycles. The summed E-state index contributed by atoms with van der Waals surface area (Å²) in [6.07, 6.45) is 0. The highest BCUT2D eigenvalue weighted by molar-refractivity contribution is 7.86. The quantitative estimate of drug-likeness (QED) is 0.0753. The second-order valence-electron chi connectivity index (χ2n) is 10.3. The zero-order valence-electron chi connectivity index (χ0n) is 25.2. The minimum atomic E-state index is -4.78. The van der Waals surface area contributed by atoms with Gasteiger partial charge in [0.15, 0.2) is 0 Å². The van der Waals surface area contributed by atoms with Gasteiger partial charge >= 0.3 is 0 Å². The van der Waals surface area contributed by atoms with E-state index in [1.54, 1.807) is 0 Å². The van der Waals surface area contributed by atoms with Crippen molar-refractivity contribution in [3.8, 4) is 0 Å². The number of anilines is 3. The molecule has 0 aliphatic rings. The maximum atomic E-state index is 12.4. The number of nitrogens with two attached hydrogens (primary N) is 1. The van der Waals surface area contributed by atoms with E-state index in [0.29, 0.717) is 0 Å². The lowest BCUT2D eigenvalue weighted by Crippen LogP contribution is -2.05. The Morgan fingerprint density at radius 1 is 0.588 bits per heavy atom. The first-order valence-electron chi connectivity index (χ1n) is 13.9. The molecule has 0 amide bonds. The maximum Gasteiger partial charge on any atom is 0.296 e. The molecule has 0 aliphatic heterocycles. The Balaban J connectivity index is 1.48. The number of aromatic nitrogens is 3. The Morgan fingerprint density at radius 3 is 1.82 bits per heavy atom. The van der Waals surface area contributed by atoms with Gasteiger partial charge in [-0.3, -0.25) is 13.7 Å². The summed E-state index contributed by atoms with van der Waals surface area (Å²) in [4.78, 5) is 10.0. The van der Waals surface area contributed by atoms with E-state index in [1.807, 2.05) is 0 Å². The molecule has 0 radical (unpaired) electrons. The summed E-state index contributed by atoms with van der Waals surface area (Å²) in [6, 6.07) is 18.5. The highest BCUT2D eigenvalue weighted by Crippen LogP contribution is 2.40. The van der Waals surface area contributed by atoms with Gasteiger partial charge in [0.2, 0.25) is 17.2 Å². The Labute approximate surface area is 293 Å². The standard InChI is InChI=1S/C29H20ClN9O9S3/c30-27-33-28(31)35-29(34-27)32-23-13-12-20(17-4-3-7-25(26(17)23)51(46,47)48)37-36-19-10-11-21(18-14-15(49(40,41)42)8-9-16(18)19)38-39-22-5-1-2-6-24(22)50(43,44)45/h1-14H,(H,40,41,42)(H,43,44,45)(H,46,47,48)(H3,31,32,33,34,35). The molecule has 1 aromatic heterocycles. The van der Waals surface area contributed by atoms with Crippen LogP contribution in [0.4, 0.5) is 40.3 Å². The maximum absolute atomic E-state index is 12.4. The molecular formula is C29H20ClN9O9S3. The van der Waals surface area contributed by atoms with E-state index < -0.39 is 45.0 Å². The molecule has 0 bridgehead atoms. The third-order valence-electron chi connectivity index (χ3n) is 7.04. The van der Waals surface area contributed by atoms with Gasteiger partial charge in [0.1, 0.15) is 15.5 Å². The van der Waals surface area contributed by atoms with Crippen LogP contribution in [0.3, 0.4) is 0 Å². The summed E-state index contributed by atoms with van der Waals surface area (Å²) in [6.45, 7) is 0. The molecule has 260 valence electrons. The van der Waals surface area contributed by atoms with Crippen LogP contribution < -0.4 is 11.1 Å². The fourth-order valence-corrected chi connectivity index (χ4v) is 6.94. The lowest BCUT2D eigenvalue weighted by molar-refractivity contribution is 0.481. The van der Waals surface area contributed by atoms with Crippen molar-refractivity contribution in [3.63, 3.8) is 0 Å². The number of nitrogens with one attached hydrogen (secondary N) is 1. The van der Waals surface area contributed by atoms with Crippen LogP contribution in [0, 0.1) is 0 Å². The number of hydrogen-bond donors (Lipinski definition) is 5. The van der Waals surface area contributed by atoms with Gasteiger partial charge in [-0.05, 0) is 66.2 Å². The topological polar surface area (TPSA) is 289 Å². The number of nitrogen functional groups attached to an aromatic ring is 1. The first kappa shape index (κ1) is 35.3. The Kier molecular flexibility index (Phi) is 9.20. The van der Waals surface area contributed by atoms with E-state index in [1.165, 1.54) is 66.7 Å². The van der Waals surface area contributed by atoms with Crippen LogP contribution in [-0.2, 0) is 30.4 Å². The summed E-state index contributed by atoms with van der Waals surface area (Å²) in [5.41, 5.74) is 5.87. The molecule has 6 aromatic rings. The minimum absolute atomic E-state index is 0.0184. The van der Waals surface area contributed by atoms with Gasteiger partial charge in [0.25, 0.3) is 30.4 Å². The average molecular weight is 770 g/mol. The zero-order valence-corrected chi connectivity index (χ0v) is 28.4. The van der Waals surface area contributed by atoms with Gasteiger partial charge in [0, 0.05) is 21.5 Å². The van der Waals surface area contributed by atoms with Crippen LogP contribution in [0.2, 0.25) is 5.28 Å². The number of rotatable bonds is 9. The molecule has 1 heterocycles. The fraction of sp³-hybridized carbons (Fsp3) is 0. The Hall–Kier alpha value is -5.55. The van der Waals surface area contributed by atoms with Gasteiger partial charge in [0.05, 0.1) is 27.6 Å². The highest BCUT2D eigenvalue weighted by atomic mass is 35.5. The fourth-order valence-electron chi connectivity index (χ4n) is 4.91. The summed E-state index contributed by atoms with van der Waals surface area (Å²) < 4.78 is 102. The van der Waals surface area contributed by atoms with Crippen molar-refractivity contribution in [2.24, 2.45) is 20.5 Å². The molecular weight excluding hydrogens is 750 g/mol. The van der Waals surface area contributed by atoms with E-state index >= 15 is 0 Å². The van der Waals surface area contributed by atoms with Crippen LogP contribution in [-0.4, -0.2) is 53.9 Å². The van der Waals surface area contributed by atoms with Gasteiger partial charge in [-0.15, -0.1) is 20.5 Å². The van der Waals surface area contributed by atoms with Crippen LogP contribution in [0.25, 0.3) is 21.5 Å². The van der Waals surface area contributed by atoms with Crippen LogP contribution in [0.5, 0.6) is 0 Å². The van der Waals surface area contributed by atoms with Crippen molar-refractivity contribution in [2.45, 2.75) is 14.7 Å². The smallest absolute Gasteiger partial charge is 0.296 e. The lowest BCUT2D eigenvalue weighted by Gasteiger charge is -2.13. The van der Waals surface area contributed by atoms with E-state index in [4.69, 9.17) is 17.3 Å². The number of hydrogen-bond acceptors (Lipinski definition) is 15. The largest absolute Gasteiger partial charge is 0.368 e. The average Bonchev–Trinajstić information content (AvgIpc) is 3.05. The molecule has 51 heavy (non-hydrogen) atoms. The number of halogens is 1. The molecule has 0 saturated carbocycles. The summed E-state index contributed by atoms with van der Waals surface area (Å²) in [5, 5.41) is 19.8. The second-order valence-corrected chi connectivity index (χ2v) is 14.9.